The maximum atomic E-state index is 15.3. The molecule has 5 heterocycles. The Morgan fingerprint density at radius 3 is 2.71 bits per heavy atom. The van der Waals surface area contributed by atoms with Crippen LogP contribution in [0.2, 0.25) is 0 Å². The number of benzene rings is 1. The molecule has 41 heavy (non-hydrogen) atoms. The second kappa shape index (κ2) is 11.3. The van der Waals surface area contributed by atoms with E-state index in [0.717, 1.165) is 42.7 Å². The van der Waals surface area contributed by atoms with E-state index >= 15 is 4.39 Å². The molecule has 1 atom stereocenters. The van der Waals surface area contributed by atoms with Gasteiger partial charge in [0.25, 0.3) is 0 Å². The van der Waals surface area contributed by atoms with Crippen LogP contribution in [0.4, 0.5) is 21.7 Å². The number of ether oxygens (including phenoxy) is 1. The lowest BCUT2D eigenvalue weighted by Crippen LogP contribution is -2.36. The molecule has 10 nitrogen and oxygen atoms in total. The van der Waals surface area contributed by atoms with Crippen molar-refractivity contribution in [2.45, 2.75) is 25.2 Å². The minimum absolute atomic E-state index is 0.00414. The molecule has 0 bridgehead atoms. The average molecular weight is 553 g/mol. The Hall–Kier alpha value is -4.98. The molecule has 1 N–H and O–H groups in total. The van der Waals surface area contributed by atoms with Gasteiger partial charge in [-0.25, -0.2) is 18.9 Å². The van der Waals surface area contributed by atoms with Crippen molar-refractivity contribution in [3.8, 4) is 17.6 Å². The summed E-state index contributed by atoms with van der Waals surface area (Å²) in [5.74, 6) is 1.78. The molecule has 1 amide bonds. The Kier molecular flexibility index (Phi) is 7.20. The highest BCUT2D eigenvalue weighted by molar-refractivity contribution is 5.87. The Morgan fingerprint density at radius 1 is 1.12 bits per heavy atom. The number of nitrogens with one attached hydrogen (secondary N) is 1. The number of carbonyl (C=O) groups is 1. The number of amides is 1. The summed E-state index contributed by atoms with van der Waals surface area (Å²) in [6, 6.07) is 12.5. The average Bonchev–Trinajstić information content (AvgIpc) is 3.67. The predicted octanol–water partition coefficient (Wildman–Crippen LogP) is 5.04. The lowest BCUT2D eigenvalue weighted by Gasteiger charge is -2.31. The van der Waals surface area contributed by atoms with Crippen molar-refractivity contribution in [1.82, 2.24) is 24.5 Å². The first-order valence-electron chi connectivity index (χ1n) is 13.6. The van der Waals surface area contributed by atoms with Gasteiger partial charge in [-0.3, -0.25) is 4.79 Å². The van der Waals surface area contributed by atoms with Crippen molar-refractivity contribution >= 4 is 28.7 Å². The Balaban J connectivity index is 1.18. The van der Waals surface area contributed by atoms with Crippen molar-refractivity contribution in [3.63, 3.8) is 0 Å². The first-order chi connectivity index (χ1) is 20.0. The van der Waals surface area contributed by atoms with Crippen LogP contribution >= 0.6 is 0 Å². The number of rotatable bonds is 7. The topological polar surface area (TPSA) is 112 Å². The zero-order chi connectivity index (χ0) is 28.3. The number of nitriles is 1. The molecule has 1 unspecified atom stereocenters. The van der Waals surface area contributed by atoms with Crippen LogP contribution in [-0.4, -0.2) is 56.6 Å². The van der Waals surface area contributed by atoms with Crippen molar-refractivity contribution in [2.75, 3.05) is 36.4 Å². The maximum Gasteiger partial charge on any atom is 0.245 e. The van der Waals surface area contributed by atoms with Crippen LogP contribution in [0.1, 0.15) is 30.7 Å². The lowest BCUT2D eigenvalue weighted by atomic mass is 9.90. The Labute approximate surface area is 236 Å². The smallest absolute Gasteiger partial charge is 0.245 e. The fraction of sp³-hybridized carbons (Fsp3) is 0.300. The van der Waals surface area contributed by atoms with Crippen LogP contribution in [0.5, 0.6) is 11.5 Å². The number of pyridine rings is 1. The highest BCUT2D eigenvalue weighted by atomic mass is 19.1. The van der Waals surface area contributed by atoms with E-state index in [1.807, 2.05) is 12.3 Å². The summed E-state index contributed by atoms with van der Waals surface area (Å²) in [6.45, 7) is 6.28. The molecule has 0 radical (unpaired) electrons. The summed E-state index contributed by atoms with van der Waals surface area (Å²) in [7, 11) is 0. The summed E-state index contributed by atoms with van der Waals surface area (Å²) in [4.78, 5) is 24.7. The van der Waals surface area contributed by atoms with Gasteiger partial charge in [-0.05, 0) is 61.1 Å². The molecule has 0 saturated carbocycles. The molecule has 3 aromatic heterocycles. The largest absolute Gasteiger partial charge is 0.457 e. The van der Waals surface area contributed by atoms with Crippen molar-refractivity contribution in [3.05, 3.63) is 79.2 Å². The van der Waals surface area contributed by atoms with E-state index in [1.54, 1.807) is 39.9 Å². The second-order valence-electron chi connectivity index (χ2n) is 10.3. The lowest BCUT2D eigenvalue weighted by molar-refractivity contribution is -0.127. The number of anilines is 3. The predicted molar refractivity (Wildman–Crippen MR) is 152 cm³/mol. The molecule has 208 valence electrons. The fourth-order valence-corrected chi connectivity index (χ4v) is 5.57. The third kappa shape index (κ3) is 5.41. The molecule has 2 saturated heterocycles. The highest BCUT2D eigenvalue weighted by Crippen LogP contribution is 2.35. The SMILES string of the molecule is C=CC(=O)N1CCC(c2ccn3ncnc(Nc4ccc(Oc5ccnc(N6CCC(C#N)C6)c5)cc4F)c23)CC1. The molecule has 6 rings (SSSR count). The van der Waals surface area contributed by atoms with Crippen molar-refractivity contribution < 1.29 is 13.9 Å². The summed E-state index contributed by atoms with van der Waals surface area (Å²) in [6.07, 6.45) is 8.72. The zero-order valence-electron chi connectivity index (χ0n) is 22.4. The molecular formula is C30H29FN8O2. The van der Waals surface area contributed by atoms with Crippen molar-refractivity contribution in [1.29, 1.82) is 5.26 Å². The molecule has 2 fully saturated rings. The molecule has 11 heteroatoms. The monoisotopic (exact) mass is 552 g/mol. The number of carbonyl (C=O) groups excluding carboxylic acids is 1. The third-order valence-electron chi connectivity index (χ3n) is 7.75. The summed E-state index contributed by atoms with van der Waals surface area (Å²) < 4.78 is 23.0. The first kappa shape index (κ1) is 26.3. The van der Waals surface area contributed by atoms with Gasteiger partial charge in [-0.15, -0.1) is 0 Å². The number of halogens is 1. The van der Waals surface area contributed by atoms with E-state index in [9.17, 15) is 10.1 Å². The molecule has 1 aromatic carbocycles. The van der Waals surface area contributed by atoms with E-state index in [-0.39, 0.29) is 23.4 Å². The third-order valence-corrected chi connectivity index (χ3v) is 7.75. The van der Waals surface area contributed by atoms with E-state index in [2.05, 4.69) is 37.9 Å². The van der Waals surface area contributed by atoms with Gasteiger partial charge in [0.15, 0.2) is 5.82 Å². The minimum Gasteiger partial charge on any atom is -0.457 e. The van der Waals surface area contributed by atoms with Gasteiger partial charge in [-0.1, -0.05) is 6.58 Å². The van der Waals surface area contributed by atoms with E-state index in [4.69, 9.17) is 4.74 Å². The van der Waals surface area contributed by atoms with Gasteiger partial charge in [0, 0.05) is 50.7 Å². The van der Waals surface area contributed by atoms with Gasteiger partial charge in [0.2, 0.25) is 5.91 Å². The molecule has 2 aliphatic rings. The van der Waals surface area contributed by atoms with Gasteiger partial charge in [0.1, 0.15) is 35.0 Å². The number of aromatic nitrogens is 4. The number of piperidine rings is 1. The fourth-order valence-electron chi connectivity index (χ4n) is 5.57. The van der Waals surface area contributed by atoms with E-state index in [0.29, 0.717) is 37.0 Å². The van der Waals surface area contributed by atoms with Crippen LogP contribution in [0.15, 0.2) is 67.8 Å². The molecular weight excluding hydrogens is 523 g/mol. The second-order valence-corrected chi connectivity index (χ2v) is 10.3. The van der Waals surface area contributed by atoms with Gasteiger partial charge >= 0.3 is 0 Å². The zero-order valence-corrected chi connectivity index (χ0v) is 22.4. The molecule has 0 spiro atoms. The van der Waals surface area contributed by atoms with Gasteiger partial charge in [0.05, 0.1) is 17.7 Å². The van der Waals surface area contributed by atoms with Crippen LogP contribution in [0.3, 0.4) is 0 Å². The van der Waals surface area contributed by atoms with E-state index < -0.39 is 5.82 Å². The molecule has 4 aromatic rings. The summed E-state index contributed by atoms with van der Waals surface area (Å²) in [5, 5.41) is 16.7. The van der Waals surface area contributed by atoms with Crippen LogP contribution in [-0.2, 0) is 4.79 Å². The highest BCUT2D eigenvalue weighted by Gasteiger charge is 2.26. The summed E-state index contributed by atoms with van der Waals surface area (Å²) in [5.41, 5.74) is 2.10. The molecule has 0 aliphatic carbocycles. The number of fused-ring (bicyclic) bond motifs is 1. The minimum atomic E-state index is -0.491. The maximum absolute atomic E-state index is 15.3. The van der Waals surface area contributed by atoms with Crippen LogP contribution in [0, 0.1) is 23.1 Å². The van der Waals surface area contributed by atoms with Gasteiger partial charge in [-0.2, -0.15) is 10.4 Å². The quantitative estimate of drug-likeness (QED) is 0.318. The normalized spacial score (nSPS) is 17.4. The number of likely N-dealkylation sites (tertiary alicyclic amines) is 1. The molecule has 2 aliphatic heterocycles. The Bertz CT molecular complexity index is 1640. The van der Waals surface area contributed by atoms with Gasteiger partial charge < -0.3 is 19.9 Å². The first-order valence-corrected chi connectivity index (χ1v) is 13.6. The van der Waals surface area contributed by atoms with E-state index in [1.165, 1.54) is 18.5 Å². The van der Waals surface area contributed by atoms with Crippen molar-refractivity contribution in [2.24, 2.45) is 5.92 Å². The van der Waals surface area contributed by atoms with Crippen LogP contribution in [0.25, 0.3) is 5.52 Å². The number of nitrogens with zero attached hydrogens (tertiary/aromatic N) is 7. The number of hydrogen-bond donors (Lipinski definition) is 1. The van der Waals surface area contributed by atoms with Crippen LogP contribution < -0.4 is 15.0 Å². The Morgan fingerprint density at radius 2 is 1.95 bits per heavy atom. The standard InChI is InChI=1S/C30H29FN8O2/c1-2-28(40)37-12-7-21(8-13-37)24-9-14-39-29(24)30(34-19-35-39)36-26-4-3-22(15-25(26)31)41-23-5-10-33-27(16-23)38-11-6-20(17-32)18-38/h2-5,9-10,14-16,19-21H,1,6-8,11-13,18H2,(H,34,35,36). The summed E-state index contributed by atoms with van der Waals surface area (Å²) >= 11 is 0. The number of hydrogen-bond acceptors (Lipinski definition) is 8.